The fourth-order valence-corrected chi connectivity index (χ4v) is 4.67. The summed E-state index contributed by atoms with van der Waals surface area (Å²) in [6.45, 7) is 1.56. The molecule has 3 unspecified atom stereocenters. The number of imidazole rings is 1. The van der Waals surface area contributed by atoms with Crippen LogP contribution in [0.3, 0.4) is 0 Å². The van der Waals surface area contributed by atoms with Gasteiger partial charge in [-0.05, 0) is 24.7 Å². The molecule has 0 bridgehead atoms. The first-order valence-corrected chi connectivity index (χ1v) is 7.98. The third kappa shape index (κ3) is 1.86. The van der Waals surface area contributed by atoms with Gasteiger partial charge in [-0.1, -0.05) is 6.42 Å². The lowest BCUT2D eigenvalue weighted by molar-refractivity contribution is -0.143. The van der Waals surface area contributed by atoms with Crippen molar-refractivity contribution < 1.29 is 9.90 Å². The van der Waals surface area contributed by atoms with Gasteiger partial charge in [0.2, 0.25) is 0 Å². The quantitative estimate of drug-likeness (QED) is 0.940. The van der Waals surface area contributed by atoms with Crippen molar-refractivity contribution in [1.29, 1.82) is 0 Å². The van der Waals surface area contributed by atoms with Crippen LogP contribution in [0, 0.1) is 11.8 Å². The Kier molecular flexibility index (Phi) is 2.82. The summed E-state index contributed by atoms with van der Waals surface area (Å²) < 4.78 is 2.01. The van der Waals surface area contributed by atoms with E-state index in [0.29, 0.717) is 18.4 Å². The number of aliphatic carboxylic acids is 1. The number of thiazole rings is 1. The van der Waals surface area contributed by atoms with Crippen LogP contribution in [0.1, 0.15) is 25.0 Å². The standard InChI is InChI=1S/C14H17N3O2S/c18-13(19)12-11-3-1-2-9(11)6-17(12)8-10-7-16-4-5-20-14(16)15-10/h4-5,7,9,11-12H,1-3,6,8H2,(H,18,19). The number of fused-ring (bicyclic) bond motifs is 2. The number of hydrogen-bond donors (Lipinski definition) is 1. The van der Waals surface area contributed by atoms with Crippen molar-refractivity contribution in [3.63, 3.8) is 0 Å². The highest BCUT2D eigenvalue weighted by atomic mass is 32.1. The van der Waals surface area contributed by atoms with E-state index in [1.54, 1.807) is 11.3 Å². The van der Waals surface area contributed by atoms with Crippen LogP contribution in [0.4, 0.5) is 0 Å². The van der Waals surface area contributed by atoms with Gasteiger partial charge in [0, 0.05) is 30.9 Å². The van der Waals surface area contributed by atoms with Gasteiger partial charge >= 0.3 is 5.97 Å². The first kappa shape index (κ1) is 12.3. The molecule has 1 aliphatic heterocycles. The molecule has 3 heterocycles. The summed E-state index contributed by atoms with van der Waals surface area (Å²) in [6.07, 6.45) is 7.44. The van der Waals surface area contributed by atoms with E-state index in [2.05, 4.69) is 9.88 Å². The Hall–Kier alpha value is -1.40. The molecule has 2 fully saturated rings. The second kappa shape index (κ2) is 4.56. The Morgan fingerprint density at radius 3 is 3.20 bits per heavy atom. The molecule has 0 amide bonds. The molecule has 0 radical (unpaired) electrons. The minimum absolute atomic E-state index is 0.317. The van der Waals surface area contributed by atoms with E-state index in [4.69, 9.17) is 0 Å². The Labute approximate surface area is 120 Å². The zero-order valence-corrected chi connectivity index (χ0v) is 11.9. The van der Waals surface area contributed by atoms with Crippen LogP contribution in [0.5, 0.6) is 0 Å². The van der Waals surface area contributed by atoms with Crippen molar-refractivity contribution in [3.05, 3.63) is 23.5 Å². The average molecular weight is 291 g/mol. The molecule has 0 aromatic carbocycles. The third-order valence-corrected chi connectivity index (χ3v) is 5.52. The van der Waals surface area contributed by atoms with Gasteiger partial charge in [-0.15, -0.1) is 11.3 Å². The highest BCUT2D eigenvalue weighted by Gasteiger charge is 2.47. The van der Waals surface area contributed by atoms with Gasteiger partial charge < -0.3 is 5.11 Å². The highest BCUT2D eigenvalue weighted by Crippen LogP contribution is 2.42. The Bertz CT molecular complexity index is 621. The Balaban J connectivity index is 1.58. The molecule has 2 aromatic rings. The number of carboxylic acids is 1. The van der Waals surface area contributed by atoms with E-state index < -0.39 is 5.97 Å². The van der Waals surface area contributed by atoms with Crippen molar-refractivity contribution in [1.82, 2.24) is 14.3 Å². The minimum Gasteiger partial charge on any atom is -0.480 e. The number of likely N-dealkylation sites (tertiary alicyclic amines) is 1. The third-order valence-electron chi connectivity index (χ3n) is 4.75. The van der Waals surface area contributed by atoms with E-state index in [9.17, 15) is 9.90 Å². The van der Waals surface area contributed by atoms with Crippen LogP contribution < -0.4 is 0 Å². The molecule has 106 valence electrons. The van der Waals surface area contributed by atoms with Crippen LogP contribution in [0.15, 0.2) is 17.8 Å². The lowest BCUT2D eigenvalue weighted by Crippen LogP contribution is -2.39. The van der Waals surface area contributed by atoms with Crippen molar-refractivity contribution >= 4 is 22.3 Å². The van der Waals surface area contributed by atoms with Crippen LogP contribution >= 0.6 is 11.3 Å². The number of carbonyl (C=O) groups is 1. The van der Waals surface area contributed by atoms with E-state index in [1.807, 2.05) is 22.2 Å². The molecule has 1 saturated carbocycles. The molecule has 20 heavy (non-hydrogen) atoms. The summed E-state index contributed by atoms with van der Waals surface area (Å²) in [4.78, 5) is 19.3. The molecule has 2 aromatic heterocycles. The van der Waals surface area contributed by atoms with E-state index in [-0.39, 0.29) is 6.04 Å². The first-order chi connectivity index (χ1) is 9.72. The van der Waals surface area contributed by atoms with Gasteiger partial charge in [0.1, 0.15) is 6.04 Å². The summed E-state index contributed by atoms with van der Waals surface area (Å²) in [6, 6.07) is -0.317. The zero-order chi connectivity index (χ0) is 13.7. The maximum Gasteiger partial charge on any atom is 0.321 e. The molecule has 6 heteroatoms. The fraction of sp³-hybridized carbons (Fsp3) is 0.571. The molecule has 1 saturated heterocycles. The Morgan fingerprint density at radius 2 is 2.40 bits per heavy atom. The Morgan fingerprint density at radius 1 is 1.50 bits per heavy atom. The zero-order valence-electron chi connectivity index (χ0n) is 11.1. The van der Waals surface area contributed by atoms with Gasteiger partial charge in [0.05, 0.1) is 5.69 Å². The molecule has 0 spiro atoms. The predicted molar refractivity (Wildman–Crippen MR) is 75.7 cm³/mol. The van der Waals surface area contributed by atoms with E-state index in [0.717, 1.165) is 23.6 Å². The van der Waals surface area contributed by atoms with Crippen molar-refractivity contribution in [2.75, 3.05) is 6.54 Å². The molecule has 5 nitrogen and oxygen atoms in total. The second-order valence-electron chi connectivity index (χ2n) is 5.89. The van der Waals surface area contributed by atoms with Crippen LogP contribution in [0.25, 0.3) is 4.96 Å². The lowest BCUT2D eigenvalue weighted by Gasteiger charge is -2.23. The van der Waals surface area contributed by atoms with Gasteiger partial charge in [-0.3, -0.25) is 14.1 Å². The van der Waals surface area contributed by atoms with Gasteiger partial charge in [0.25, 0.3) is 0 Å². The SMILES string of the molecule is O=C(O)C1C2CCCC2CN1Cc1cn2ccsc2n1. The summed E-state index contributed by atoms with van der Waals surface area (Å²) in [5, 5.41) is 11.5. The molecule has 3 atom stereocenters. The van der Waals surface area contributed by atoms with Crippen LogP contribution in [0.2, 0.25) is 0 Å². The number of aromatic nitrogens is 2. The van der Waals surface area contributed by atoms with Crippen molar-refractivity contribution in [2.45, 2.75) is 31.8 Å². The van der Waals surface area contributed by atoms with Crippen LogP contribution in [-0.2, 0) is 11.3 Å². The van der Waals surface area contributed by atoms with E-state index >= 15 is 0 Å². The number of nitrogens with zero attached hydrogens (tertiary/aromatic N) is 3. The summed E-state index contributed by atoms with van der Waals surface area (Å²) in [5.41, 5.74) is 0.975. The molecule has 1 N–H and O–H groups in total. The molecule has 4 rings (SSSR count). The topological polar surface area (TPSA) is 57.8 Å². The molecule has 2 aliphatic rings. The minimum atomic E-state index is -0.666. The molecular weight excluding hydrogens is 274 g/mol. The van der Waals surface area contributed by atoms with Gasteiger partial charge in [-0.2, -0.15) is 0 Å². The maximum absolute atomic E-state index is 11.6. The van der Waals surface area contributed by atoms with Crippen molar-refractivity contribution in [2.24, 2.45) is 11.8 Å². The smallest absolute Gasteiger partial charge is 0.321 e. The summed E-state index contributed by atoms with van der Waals surface area (Å²) in [7, 11) is 0. The predicted octanol–water partition coefficient (Wildman–Crippen LogP) is 2.08. The van der Waals surface area contributed by atoms with Crippen molar-refractivity contribution in [3.8, 4) is 0 Å². The number of carboxylic acid groups (broad SMARTS) is 1. The van der Waals surface area contributed by atoms with E-state index in [1.165, 1.54) is 12.8 Å². The summed E-state index contributed by atoms with van der Waals surface area (Å²) >= 11 is 1.61. The largest absolute Gasteiger partial charge is 0.480 e. The van der Waals surface area contributed by atoms with Gasteiger partial charge in [-0.25, -0.2) is 4.98 Å². The fourth-order valence-electron chi connectivity index (χ4n) is 3.96. The second-order valence-corrected chi connectivity index (χ2v) is 6.77. The maximum atomic E-state index is 11.6. The average Bonchev–Trinajstić information content (AvgIpc) is 3.05. The first-order valence-electron chi connectivity index (χ1n) is 7.10. The normalized spacial score (nSPS) is 30.1. The summed E-state index contributed by atoms with van der Waals surface area (Å²) in [5.74, 6) is 0.247. The number of hydrogen-bond acceptors (Lipinski definition) is 4. The number of rotatable bonds is 3. The molecule has 1 aliphatic carbocycles. The highest BCUT2D eigenvalue weighted by molar-refractivity contribution is 7.15. The molecular formula is C14H17N3O2S. The lowest BCUT2D eigenvalue weighted by atomic mass is 9.94. The van der Waals surface area contributed by atoms with Crippen LogP contribution in [-0.4, -0.2) is 37.9 Å². The van der Waals surface area contributed by atoms with Gasteiger partial charge in [0.15, 0.2) is 4.96 Å². The monoisotopic (exact) mass is 291 g/mol.